The lowest BCUT2D eigenvalue weighted by molar-refractivity contribution is -0.137. The molecule has 1 aromatic rings. The van der Waals surface area contributed by atoms with Gasteiger partial charge in [-0.3, -0.25) is 4.79 Å². The highest BCUT2D eigenvalue weighted by Crippen LogP contribution is 2.30. The Morgan fingerprint density at radius 1 is 1.29 bits per heavy atom. The molecule has 7 nitrogen and oxygen atoms in total. The molecule has 1 rings (SSSR count). The van der Waals surface area contributed by atoms with Gasteiger partial charge in [-0.05, 0) is 46.2 Å². The fraction of sp³-hybridized carbons (Fsp3) is 0.529. The number of aliphatic carboxylic acids is 1. The number of carboxylic acid groups (broad SMARTS) is 1. The molecule has 0 aliphatic heterocycles. The third kappa shape index (κ3) is 6.76. The van der Waals surface area contributed by atoms with Crippen LogP contribution in [-0.2, 0) is 4.79 Å². The van der Waals surface area contributed by atoms with E-state index in [4.69, 9.17) is 14.6 Å². The number of nitrogens with one attached hydrogen (secondary N) is 2. The van der Waals surface area contributed by atoms with Gasteiger partial charge in [0.05, 0.1) is 18.9 Å². The SMILES string of the molecule is COc1ccc(OC(C)C)c(NC(=O)NC(C)(C)CCC(=O)O)c1. The number of carbonyl (C=O) groups is 2. The van der Waals surface area contributed by atoms with Crippen LogP contribution < -0.4 is 20.1 Å². The summed E-state index contributed by atoms with van der Waals surface area (Å²) in [5, 5.41) is 14.3. The maximum atomic E-state index is 12.2. The monoisotopic (exact) mass is 338 g/mol. The Labute approximate surface area is 142 Å². The molecule has 0 heterocycles. The highest BCUT2D eigenvalue weighted by molar-refractivity contribution is 5.91. The van der Waals surface area contributed by atoms with Gasteiger partial charge < -0.3 is 25.2 Å². The largest absolute Gasteiger partial charge is 0.497 e. The lowest BCUT2D eigenvalue weighted by Crippen LogP contribution is -2.45. The van der Waals surface area contributed by atoms with E-state index in [1.54, 1.807) is 32.0 Å². The van der Waals surface area contributed by atoms with Crippen molar-refractivity contribution in [2.24, 2.45) is 0 Å². The van der Waals surface area contributed by atoms with Crippen molar-refractivity contribution in [3.8, 4) is 11.5 Å². The van der Waals surface area contributed by atoms with Crippen LogP contribution in [0.25, 0.3) is 0 Å². The predicted octanol–water partition coefficient (Wildman–Crippen LogP) is 3.25. The Kier molecular flexibility index (Phi) is 6.88. The summed E-state index contributed by atoms with van der Waals surface area (Å²) in [5.74, 6) is 0.224. The molecule has 0 fully saturated rings. The summed E-state index contributed by atoms with van der Waals surface area (Å²) in [6, 6.07) is 4.70. The van der Waals surface area contributed by atoms with Gasteiger partial charge in [0.25, 0.3) is 0 Å². The molecule has 3 N–H and O–H groups in total. The Balaban J connectivity index is 2.82. The summed E-state index contributed by atoms with van der Waals surface area (Å²) in [7, 11) is 1.54. The van der Waals surface area contributed by atoms with Crippen molar-refractivity contribution in [2.75, 3.05) is 12.4 Å². The summed E-state index contributed by atoms with van der Waals surface area (Å²) in [4.78, 5) is 22.9. The second-order valence-electron chi connectivity index (χ2n) is 6.39. The van der Waals surface area contributed by atoms with Crippen molar-refractivity contribution in [1.82, 2.24) is 5.32 Å². The number of benzene rings is 1. The first-order chi connectivity index (χ1) is 11.1. The summed E-state index contributed by atoms with van der Waals surface area (Å²) < 4.78 is 10.8. The second kappa shape index (κ2) is 8.42. The van der Waals surface area contributed by atoms with E-state index >= 15 is 0 Å². The van der Waals surface area contributed by atoms with E-state index in [9.17, 15) is 9.59 Å². The number of urea groups is 1. The fourth-order valence-corrected chi connectivity index (χ4v) is 2.03. The minimum absolute atomic E-state index is 0.0197. The first-order valence-electron chi connectivity index (χ1n) is 7.78. The van der Waals surface area contributed by atoms with Crippen LogP contribution in [0.15, 0.2) is 18.2 Å². The molecule has 0 saturated heterocycles. The molecule has 24 heavy (non-hydrogen) atoms. The number of methoxy groups -OCH3 is 1. The van der Waals surface area contributed by atoms with Crippen molar-refractivity contribution < 1.29 is 24.2 Å². The third-order valence-corrected chi connectivity index (χ3v) is 3.21. The summed E-state index contributed by atoms with van der Waals surface area (Å²) in [6.07, 6.45) is 0.256. The lowest BCUT2D eigenvalue weighted by atomic mass is 9.99. The quantitative estimate of drug-likeness (QED) is 0.676. The molecule has 134 valence electrons. The molecule has 1 aromatic carbocycles. The number of ether oxygens (including phenoxy) is 2. The predicted molar refractivity (Wildman–Crippen MR) is 91.9 cm³/mol. The maximum absolute atomic E-state index is 12.2. The number of rotatable bonds is 8. The van der Waals surface area contributed by atoms with E-state index in [1.807, 2.05) is 13.8 Å². The summed E-state index contributed by atoms with van der Waals surface area (Å²) >= 11 is 0. The number of anilines is 1. The van der Waals surface area contributed by atoms with Crippen LogP contribution in [0.3, 0.4) is 0 Å². The van der Waals surface area contributed by atoms with E-state index in [2.05, 4.69) is 10.6 Å². The number of carboxylic acids is 1. The Hall–Kier alpha value is -2.44. The van der Waals surface area contributed by atoms with Crippen molar-refractivity contribution in [3.63, 3.8) is 0 Å². The minimum Gasteiger partial charge on any atom is -0.497 e. The smallest absolute Gasteiger partial charge is 0.319 e. The van der Waals surface area contributed by atoms with Crippen LogP contribution in [0.4, 0.5) is 10.5 Å². The van der Waals surface area contributed by atoms with Crippen LogP contribution >= 0.6 is 0 Å². The van der Waals surface area contributed by atoms with E-state index in [0.717, 1.165) is 0 Å². The Morgan fingerprint density at radius 2 is 1.96 bits per heavy atom. The number of amides is 2. The van der Waals surface area contributed by atoms with Gasteiger partial charge in [0.1, 0.15) is 11.5 Å². The minimum atomic E-state index is -0.898. The van der Waals surface area contributed by atoms with Gasteiger partial charge in [0.2, 0.25) is 0 Å². The molecule has 7 heteroatoms. The van der Waals surface area contributed by atoms with Gasteiger partial charge in [0.15, 0.2) is 0 Å². The summed E-state index contributed by atoms with van der Waals surface area (Å²) in [6.45, 7) is 7.32. The zero-order valence-electron chi connectivity index (χ0n) is 14.8. The van der Waals surface area contributed by atoms with Crippen LogP contribution in [0.5, 0.6) is 11.5 Å². The Bertz CT molecular complexity index is 584. The van der Waals surface area contributed by atoms with E-state index in [0.29, 0.717) is 23.6 Å². The lowest BCUT2D eigenvalue weighted by Gasteiger charge is -2.26. The topological polar surface area (TPSA) is 96.9 Å². The average Bonchev–Trinajstić information content (AvgIpc) is 2.46. The first kappa shape index (κ1) is 19.6. The third-order valence-electron chi connectivity index (χ3n) is 3.21. The molecule has 0 saturated carbocycles. The number of hydrogen-bond donors (Lipinski definition) is 3. The van der Waals surface area contributed by atoms with Gasteiger partial charge in [-0.25, -0.2) is 4.79 Å². The highest BCUT2D eigenvalue weighted by atomic mass is 16.5. The Morgan fingerprint density at radius 3 is 2.50 bits per heavy atom. The molecule has 2 amide bonds. The molecule has 0 atom stereocenters. The molecule has 0 unspecified atom stereocenters. The van der Waals surface area contributed by atoms with Crippen LogP contribution in [0, 0.1) is 0 Å². The average molecular weight is 338 g/mol. The molecular formula is C17H26N2O5. The van der Waals surface area contributed by atoms with Gasteiger partial charge in [0, 0.05) is 18.0 Å². The van der Waals surface area contributed by atoms with Crippen molar-refractivity contribution in [2.45, 2.75) is 52.2 Å². The number of carbonyl (C=O) groups excluding carboxylic acids is 1. The molecule has 0 aromatic heterocycles. The maximum Gasteiger partial charge on any atom is 0.319 e. The standard InChI is InChI=1S/C17H26N2O5/c1-11(2)24-14-7-6-12(23-5)10-13(14)18-16(22)19-17(3,4)9-8-15(20)21/h6-7,10-11H,8-9H2,1-5H3,(H,20,21)(H2,18,19,22). The van der Waals surface area contributed by atoms with Crippen LogP contribution in [0.2, 0.25) is 0 Å². The first-order valence-corrected chi connectivity index (χ1v) is 7.78. The van der Waals surface area contributed by atoms with Gasteiger partial charge in [-0.15, -0.1) is 0 Å². The van der Waals surface area contributed by atoms with E-state index in [1.165, 1.54) is 7.11 Å². The number of hydrogen-bond acceptors (Lipinski definition) is 4. The molecule has 0 aliphatic rings. The zero-order chi connectivity index (χ0) is 18.3. The molecule has 0 spiro atoms. The molecular weight excluding hydrogens is 312 g/mol. The second-order valence-corrected chi connectivity index (χ2v) is 6.39. The highest BCUT2D eigenvalue weighted by Gasteiger charge is 2.22. The van der Waals surface area contributed by atoms with Crippen molar-refractivity contribution >= 4 is 17.7 Å². The van der Waals surface area contributed by atoms with Crippen LogP contribution in [0.1, 0.15) is 40.5 Å². The fourth-order valence-electron chi connectivity index (χ4n) is 2.03. The molecule has 0 bridgehead atoms. The normalized spacial score (nSPS) is 11.1. The zero-order valence-corrected chi connectivity index (χ0v) is 14.8. The van der Waals surface area contributed by atoms with E-state index in [-0.39, 0.29) is 12.5 Å². The summed E-state index contributed by atoms with van der Waals surface area (Å²) in [5.41, 5.74) is -0.171. The molecule has 0 radical (unpaired) electrons. The van der Waals surface area contributed by atoms with Crippen molar-refractivity contribution in [3.05, 3.63) is 18.2 Å². The van der Waals surface area contributed by atoms with Gasteiger partial charge in [-0.1, -0.05) is 0 Å². The van der Waals surface area contributed by atoms with Crippen LogP contribution in [-0.4, -0.2) is 35.9 Å². The molecule has 0 aliphatic carbocycles. The van der Waals surface area contributed by atoms with Crippen molar-refractivity contribution in [1.29, 1.82) is 0 Å². The van der Waals surface area contributed by atoms with Gasteiger partial charge in [-0.2, -0.15) is 0 Å². The van der Waals surface area contributed by atoms with Gasteiger partial charge >= 0.3 is 12.0 Å². The van der Waals surface area contributed by atoms with E-state index < -0.39 is 17.5 Å².